The SMILES string of the molecule is CC1=C(C)C([SiH3])c2cc(C)cc(C)c21.[Ti]. The summed E-state index contributed by atoms with van der Waals surface area (Å²) in [5, 5.41) is 0. The molecule has 0 heterocycles. The Hall–Kier alpha value is -0.109. The van der Waals surface area contributed by atoms with Crippen molar-refractivity contribution in [2.75, 3.05) is 0 Å². The van der Waals surface area contributed by atoms with Crippen molar-refractivity contribution in [3.05, 3.63) is 40.0 Å². The third-order valence-electron chi connectivity index (χ3n) is 3.59. The molecule has 1 aromatic carbocycles. The number of aryl methyl sites for hydroxylation is 2. The van der Waals surface area contributed by atoms with E-state index in [1.54, 1.807) is 11.1 Å². The Morgan fingerprint density at radius 1 is 1.07 bits per heavy atom. The maximum atomic E-state index is 2.38. The molecule has 0 saturated carbocycles. The van der Waals surface area contributed by atoms with Gasteiger partial charge in [0.25, 0.3) is 0 Å². The summed E-state index contributed by atoms with van der Waals surface area (Å²) in [6, 6.07) is 4.68. The smallest absolute Gasteiger partial charge is 0.0175 e. The summed E-state index contributed by atoms with van der Waals surface area (Å²) in [7, 11) is 1.24. The Morgan fingerprint density at radius 3 is 2.27 bits per heavy atom. The molecule has 15 heavy (non-hydrogen) atoms. The Balaban J connectivity index is 0.00000112. The van der Waals surface area contributed by atoms with Gasteiger partial charge in [-0.25, -0.2) is 0 Å². The average Bonchev–Trinajstić information content (AvgIpc) is 2.31. The number of hydrogen-bond acceptors (Lipinski definition) is 0. The number of fused-ring (bicyclic) bond motifs is 1. The third-order valence-corrected chi connectivity index (χ3v) is 5.08. The number of hydrogen-bond donors (Lipinski definition) is 0. The summed E-state index contributed by atoms with van der Waals surface area (Å²) in [5.74, 6) is 0. The summed E-state index contributed by atoms with van der Waals surface area (Å²) in [5.41, 5.74) is 9.86. The third kappa shape index (κ3) is 1.93. The van der Waals surface area contributed by atoms with Crippen LogP contribution in [-0.4, -0.2) is 10.2 Å². The molecule has 0 amide bonds. The van der Waals surface area contributed by atoms with Crippen LogP contribution in [0.3, 0.4) is 0 Å². The van der Waals surface area contributed by atoms with E-state index in [9.17, 15) is 0 Å². The zero-order valence-corrected chi connectivity index (χ0v) is 13.8. The second kappa shape index (κ2) is 4.41. The summed E-state index contributed by atoms with van der Waals surface area (Å²) in [6.07, 6.45) is 0. The maximum Gasteiger partial charge on any atom is 0.0175 e. The number of benzene rings is 1. The van der Waals surface area contributed by atoms with Gasteiger partial charge in [0.2, 0.25) is 0 Å². The van der Waals surface area contributed by atoms with E-state index in [-0.39, 0.29) is 21.7 Å². The fourth-order valence-electron chi connectivity index (χ4n) is 2.61. The van der Waals surface area contributed by atoms with Gasteiger partial charge in [-0.1, -0.05) is 23.3 Å². The molecule has 1 atom stereocenters. The summed E-state index contributed by atoms with van der Waals surface area (Å²) < 4.78 is 0. The van der Waals surface area contributed by atoms with Crippen LogP contribution in [-0.2, 0) is 21.7 Å². The maximum absolute atomic E-state index is 2.38. The summed E-state index contributed by atoms with van der Waals surface area (Å²) in [6.45, 7) is 9.00. The minimum absolute atomic E-state index is 0. The first-order valence-corrected chi connectivity index (χ1v) is 6.46. The molecule has 1 aliphatic rings. The first-order valence-electron chi connectivity index (χ1n) is 5.31. The molecule has 0 nitrogen and oxygen atoms in total. The molecule has 2 heteroatoms. The molecular weight excluding hydrogens is 232 g/mol. The van der Waals surface area contributed by atoms with Crippen LogP contribution in [0.1, 0.15) is 41.6 Å². The standard InChI is InChI=1S/C13H18Si.Ti/c1-7-5-8(2)12-9(3)10(4)13(14)11(12)6-7;/h5-6,13H,1-4,14H3;. The van der Waals surface area contributed by atoms with Gasteiger partial charge in [0.05, 0.1) is 0 Å². The normalized spacial score (nSPS) is 19.1. The predicted octanol–water partition coefficient (Wildman–Crippen LogP) is 2.51. The van der Waals surface area contributed by atoms with E-state index in [0.29, 0.717) is 0 Å². The van der Waals surface area contributed by atoms with E-state index in [4.69, 9.17) is 0 Å². The van der Waals surface area contributed by atoms with Gasteiger partial charge in [-0.15, -0.1) is 0 Å². The first kappa shape index (κ1) is 13.0. The zero-order chi connectivity index (χ0) is 10.5. The van der Waals surface area contributed by atoms with Gasteiger partial charge < -0.3 is 0 Å². The number of rotatable bonds is 0. The molecule has 2 rings (SSSR count). The van der Waals surface area contributed by atoms with Crippen molar-refractivity contribution in [1.82, 2.24) is 0 Å². The second-order valence-electron chi connectivity index (χ2n) is 4.58. The zero-order valence-electron chi connectivity index (χ0n) is 10.2. The molecular formula is C13H18SiTi. The van der Waals surface area contributed by atoms with E-state index in [1.165, 1.54) is 32.5 Å². The second-order valence-corrected chi connectivity index (χ2v) is 5.73. The predicted molar refractivity (Wildman–Crippen MR) is 66.9 cm³/mol. The Kier molecular flexibility index (Phi) is 3.81. The molecule has 0 radical (unpaired) electrons. The molecule has 1 unspecified atom stereocenters. The monoisotopic (exact) mass is 250 g/mol. The van der Waals surface area contributed by atoms with Crippen molar-refractivity contribution < 1.29 is 21.7 Å². The van der Waals surface area contributed by atoms with Crippen LogP contribution in [0, 0.1) is 13.8 Å². The van der Waals surface area contributed by atoms with Crippen LogP contribution in [0.4, 0.5) is 0 Å². The minimum atomic E-state index is 0. The first-order chi connectivity index (χ1) is 6.52. The van der Waals surface area contributed by atoms with Crippen molar-refractivity contribution in [3.8, 4) is 0 Å². The van der Waals surface area contributed by atoms with Gasteiger partial charge in [-0.2, -0.15) is 0 Å². The molecule has 1 aromatic rings. The van der Waals surface area contributed by atoms with Gasteiger partial charge in [0.15, 0.2) is 0 Å². The van der Waals surface area contributed by atoms with Crippen LogP contribution in [0.25, 0.3) is 5.57 Å². The Bertz CT molecular complexity index is 432. The van der Waals surface area contributed by atoms with E-state index in [1.807, 2.05) is 0 Å². The summed E-state index contributed by atoms with van der Waals surface area (Å²) >= 11 is 0. The molecule has 0 fully saturated rings. The van der Waals surface area contributed by atoms with Crippen LogP contribution in [0.2, 0.25) is 0 Å². The van der Waals surface area contributed by atoms with E-state index < -0.39 is 0 Å². The minimum Gasteiger partial charge on any atom is -0.0660 e. The molecule has 0 aromatic heterocycles. The van der Waals surface area contributed by atoms with Crippen molar-refractivity contribution in [2.45, 2.75) is 33.2 Å². The van der Waals surface area contributed by atoms with Crippen molar-refractivity contribution in [3.63, 3.8) is 0 Å². The molecule has 0 N–H and O–H groups in total. The van der Waals surface area contributed by atoms with Gasteiger partial charge >= 0.3 is 0 Å². The largest absolute Gasteiger partial charge is 0.0660 e. The number of allylic oxidation sites excluding steroid dienone is 2. The summed E-state index contributed by atoms with van der Waals surface area (Å²) in [4.78, 5) is 0. The van der Waals surface area contributed by atoms with Crippen molar-refractivity contribution >= 4 is 15.8 Å². The van der Waals surface area contributed by atoms with Gasteiger partial charge in [0.1, 0.15) is 0 Å². The molecule has 1 aliphatic carbocycles. The molecule has 0 saturated heterocycles. The average molecular weight is 250 g/mol. The van der Waals surface area contributed by atoms with Gasteiger partial charge in [-0.05, 0) is 55.5 Å². The quantitative estimate of drug-likeness (QED) is 0.621. The van der Waals surface area contributed by atoms with E-state index in [0.717, 1.165) is 5.54 Å². The molecule has 0 aliphatic heterocycles. The van der Waals surface area contributed by atoms with Gasteiger partial charge in [-0.3, -0.25) is 0 Å². The molecule has 78 valence electrons. The fraction of sp³-hybridized carbons (Fsp3) is 0.385. The van der Waals surface area contributed by atoms with Gasteiger partial charge in [0, 0.05) is 32.0 Å². The topological polar surface area (TPSA) is 0 Å². The van der Waals surface area contributed by atoms with Crippen LogP contribution >= 0.6 is 0 Å². The van der Waals surface area contributed by atoms with Crippen LogP contribution < -0.4 is 0 Å². The Morgan fingerprint density at radius 2 is 1.67 bits per heavy atom. The van der Waals surface area contributed by atoms with Crippen molar-refractivity contribution in [1.29, 1.82) is 0 Å². The molecule has 0 spiro atoms. The Labute approximate surface area is 110 Å². The van der Waals surface area contributed by atoms with E-state index >= 15 is 0 Å². The fourth-order valence-corrected chi connectivity index (χ4v) is 3.50. The van der Waals surface area contributed by atoms with Crippen molar-refractivity contribution in [2.24, 2.45) is 0 Å². The molecule has 0 bridgehead atoms. The van der Waals surface area contributed by atoms with E-state index in [2.05, 4.69) is 39.8 Å². The van der Waals surface area contributed by atoms with Crippen LogP contribution in [0.15, 0.2) is 17.7 Å². The van der Waals surface area contributed by atoms with Crippen LogP contribution in [0.5, 0.6) is 0 Å².